The number of hydrogen-bond acceptors (Lipinski definition) is 20. The molecule has 0 fully saturated rings. The van der Waals surface area contributed by atoms with Crippen LogP contribution in [0.25, 0.3) is 0 Å². The second-order valence-electron chi connectivity index (χ2n) is 13.7. The number of carboxylic acid groups (broad SMARTS) is 1. The minimum Gasteiger partial charge on any atom is -0.478 e. The predicted octanol–water partition coefficient (Wildman–Crippen LogP) is 4.35. The van der Waals surface area contributed by atoms with Gasteiger partial charge in [0.15, 0.2) is 0 Å². The Labute approximate surface area is 377 Å². The summed E-state index contributed by atoms with van der Waals surface area (Å²) in [6, 6.07) is 23.8. The summed E-state index contributed by atoms with van der Waals surface area (Å²) in [5, 5.41) is 43.6. The summed E-state index contributed by atoms with van der Waals surface area (Å²) in [6.45, 7) is 1.57. The average molecular weight is 949 g/mol. The van der Waals surface area contributed by atoms with E-state index in [1.165, 1.54) is 29.6 Å². The van der Waals surface area contributed by atoms with Gasteiger partial charge in [-0.25, -0.2) is 14.4 Å². The maximum absolute atomic E-state index is 10.5. The number of benzene rings is 2. The van der Waals surface area contributed by atoms with E-state index in [4.69, 9.17) is 30.8 Å². The fraction of sp³-hybridized carbons (Fsp3) is 0.459. The quantitative estimate of drug-likeness (QED) is 0.0785. The number of rotatable bonds is 25. The first-order valence-corrected chi connectivity index (χ1v) is 18.6. The molecule has 0 unspecified atom stereocenters. The smallest absolute Gasteiger partial charge is 0.404 e. The van der Waals surface area contributed by atoms with E-state index in [-0.39, 0.29) is 37.3 Å². The summed E-state index contributed by atoms with van der Waals surface area (Å²) in [5.74, 6) is -0.942. The van der Waals surface area contributed by atoms with Crippen LogP contribution < -0.4 is 11.5 Å². The first kappa shape index (κ1) is 59.7. The van der Waals surface area contributed by atoms with Crippen LogP contribution in [0.4, 0.5) is 9.59 Å². The zero-order valence-corrected chi connectivity index (χ0v) is 36.6. The molecule has 0 spiro atoms. The number of aromatic carboxylic acids is 1. The van der Waals surface area contributed by atoms with E-state index >= 15 is 0 Å². The van der Waals surface area contributed by atoms with E-state index in [1.807, 2.05) is 26.0 Å². The van der Waals surface area contributed by atoms with Crippen LogP contribution in [-0.2, 0) is 33.6 Å². The molecule has 3 aromatic rings. The van der Waals surface area contributed by atoms with Gasteiger partial charge in [0.1, 0.15) is 45.7 Å². The van der Waals surface area contributed by atoms with Gasteiger partial charge in [0.05, 0.1) is 17.6 Å². The number of amides is 2. The Morgan fingerprint density at radius 1 is 0.708 bits per heavy atom. The molecule has 0 saturated carbocycles. The molecule has 0 radical (unpaired) electrons. The molecule has 0 aliphatic heterocycles. The molecule has 3 rings (SSSR count). The van der Waals surface area contributed by atoms with Crippen molar-refractivity contribution in [2.75, 3.05) is 66.9 Å². The molecular weight excluding hydrogens is 896 g/mol. The predicted molar refractivity (Wildman–Crippen MR) is 226 cm³/mol. The number of aromatic nitrogens is 1. The van der Waals surface area contributed by atoms with E-state index in [0.717, 1.165) is 26.0 Å². The number of halogens is 1. The van der Waals surface area contributed by atoms with Gasteiger partial charge in [-0.05, 0) is 43.8 Å². The minimum absolute atomic E-state index is 0. The van der Waals surface area contributed by atoms with Crippen LogP contribution in [0.15, 0.2) is 85.2 Å². The largest absolute Gasteiger partial charge is 0.478 e. The maximum Gasteiger partial charge on any atom is 0.404 e. The van der Waals surface area contributed by atoms with Crippen molar-refractivity contribution in [1.82, 2.24) is 9.88 Å². The van der Waals surface area contributed by atoms with E-state index in [9.17, 15) is 54.8 Å². The first-order valence-electron chi connectivity index (χ1n) is 18.6. The van der Waals surface area contributed by atoms with Gasteiger partial charge in [-0.15, -0.1) is 52.9 Å². The Kier molecular flexibility index (Phi) is 30.5. The summed E-state index contributed by atoms with van der Waals surface area (Å²) in [7, 11) is 4.12. The normalized spacial score (nSPS) is 10.3. The van der Waals surface area contributed by atoms with Gasteiger partial charge in [-0.1, -0.05) is 80.9 Å². The lowest BCUT2D eigenvalue weighted by atomic mass is 9.87. The second-order valence-corrected chi connectivity index (χ2v) is 13.7. The third-order valence-corrected chi connectivity index (χ3v) is 7.82. The van der Waals surface area contributed by atoms with Crippen LogP contribution >= 0.6 is 12.4 Å². The van der Waals surface area contributed by atoms with Gasteiger partial charge >= 0.3 is 18.2 Å². The standard InChI is InChI=1S/C17H21NO.C9H18N2O4.C6H5NO2.C5H8N4O12.ClH/c1-18(2)13-14-19-17(15-9-5-3-6-10-15)16-11-7-4-8-12-16;1-3-4-9(2,5-14-7(10)12)6-15-8(11)13;8-6(9)5-2-1-3-7-4-5;10-6(11)18-1-5(2-19-7(12)13,3-20-8(14)15)4-21-9(16)17;/h3-12,17H,13-14H2,1-2H3;3-6H2,1-2H3,(H2,10,12)(H2,11,13);1-4H,(H,8,9);1-4H2;1H. The molecule has 0 saturated heterocycles. The highest BCUT2D eigenvalue weighted by atomic mass is 35.5. The minimum atomic E-state index is -2.03. The van der Waals surface area contributed by atoms with Crippen molar-refractivity contribution in [3.05, 3.63) is 142 Å². The highest BCUT2D eigenvalue weighted by Gasteiger charge is 2.37. The third kappa shape index (κ3) is 30.3. The van der Waals surface area contributed by atoms with Crippen molar-refractivity contribution >= 4 is 30.6 Å². The Balaban J connectivity index is 0. The molecule has 65 heavy (non-hydrogen) atoms. The Hall–Kier alpha value is -7.39. The zero-order chi connectivity index (χ0) is 48.6. The van der Waals surface area contributed by atoms with Crippen molar-refractivity contribution in [2.45, 2.75) is 32.8 Å². The van der Waals surface area contributed by atoms with Gasteiger partial charge in [0.2, 0.25) is 0 Å². The summed E-state index contributed by atoms with van der Waals surface area (Å²) in [4.78, 5) is 93.0. The van der Waals surface area contributed by atoms with Crippen molar-refractivity contribution < 1.29 is 73.4 Å². The average Bonchev–Trinajstić information content (AvgIpc) is 3.25. The molecule has 2 aromatic carbocycles. The lowest BCUT2D eigenvalue weighted by Crippen LogP contribution is -2.43. The summed E-state index contributed by atoms with van der Waals surface area (Å²) in [6.07, 6.45) is 2.80. The molecule has 1 heterocycles. The molecule has 1 aromatic heterocycles. The summed E-state index contributed by atoms with van der Waals surface area (Å²) >= 11 is 0. The van der Waals surface area contributed by atoms with Gasteiger partial charge in [0, 0.05) is 24.4 Å². The number of carboxylic acids is 1. The molecule has 27 nitrogen and oxygen atoms in total. The second kappa shape index (κ2) is 33.2. The lowest BCUT2D eigenvalue weighted by Gasteiger charge is -2.28. The van der Waals surface area contributed by atoms with Crippen LogP contribution in [0.2, 0.25) is 0 Å². The van der Waals surface area contributed by atoms with Crippen LogP contribution in [0.5, 0.6) is 0 Å². The summed E-state index contributed by atoms with van der Waals surface area (Å²) < 4.78 is 15.5. The van der Waals surface area contributed by atoms with Gasteiger partial charge in [-0.3, -0.25) is 4.98 Å². The number of primary amides is 2. The lowest BCUT2D eigenvalue weighted by molar-refractivity contribution is -0.792. The van der Waals surface area contributed by atoms with Crippen LogP contribution in [-0.4, -0.2) is 120 Å². The monoisotopic (exact) mass is 948 g/mol. The topological polar surface area (TPSA) is 377 Å². The van der Waals surface area contributed by atoms with Crippen molar-refractivity contribution in [3.8, 4) is 0 Å². The van der Waals surface area contributed by atoms with E-state index in [2.05, 4.69) is 91.9 Å². The molecule has 0 aliphatic carbocycles. The fourth-order valence-electron chi connectivity index (χ4n) is 4.77. The number of likely N-dealkylation sites (N-methyl/N-ethyl adjacent to an activating group) is 1. The van der Waals surface area contributed by atoms with E-state index < -0.39 is 75.8 Å². The van der Waals surface area contributed by atoms with Gasteiger partial charge in [-0.2, -0.15) is 0 Å². The number of carbonyl (C=O) groups is 3. The van der Waals surface area contributed by atoms with Crippen LogP contribution in [0.3, 0.4) is 0 Å². The Morgan fingerprint density at radius 2 is 1.11 bits per heavy atom. The summed E-state index contributed by atoms with van der Waals surface area (Å²) in [5.41, 5.74) is 9.88. The molecule has 362 valence electrons. The van der Waals surface area contributed by atoms with Gasteiger partial charge < -0.3 is 55.0 Å². The Morgan fingerprint density at radius 3 is 1.38 bits per heavy atom. The molecule has 0 atom stereocenters. The molecular formula is C37H53ClN8O19. The maximum atomic E-state index is 10.5. The van der Waals surface area contributed by atoms with Gasteiger partial charge in [0.25, 0.3) is 20.3 Å². The van der Waals surface area contributed by atoms with Crippen LogP contribution in [0, 0.1) is 51.3 Å². The highest BCUT2D eigenvalue weighted by molar-refractivity contribution is 5.87. The molecule has 28 heteroatoms. The number of nitrogens with zero attached hydrogens (tertiary/aromatic N) is 6. The van der Waals surface area contributed by atoms with Crippen molar-refractivity contribution in [1.29, 1.82) is 0 Å². The number of nitrogens with two attached hydrogens (primary N) is 2. The number of carbonyl (C=O) groups excluding carboxylic acids is 2. The van der Waals surface area contributed by atoms with E-state index in [1.54, 1.807) is 6.07 Å². The van der Waals surface area contributed by atoms with E-state index in [0.29, 0.717) is 0 Å². The molecule has 2 amide bonds. The number of hydrogen-bond donors (Lipinski definition) is 3. The zero-order valence-electron chi connectivity index (χ0n) is 35.8. The number of pyridine rings is 1. The fourth-order valence-corrected chi connectivity index (χ4v) is 4.77. The first-order chi connectivity index (χ1) is 30.1. The number of ether oxygens (including phenoxy) is 3. The third-order valence-electron chi connectivity index (χ3n) is 7.82. The molecule has 5 N–H and O–H groups in total. The Bertz CT molecular complexity index is 1720. The highest BCUT2D eigenvalue weighted by Crippen LogP contribution is 2.26. The van der Waals surface area contributed by atoms with Crippen molar-refractivity contribution in [2.24, 2.45) is 22.3 Å². The van der Waals surface area contributed by atoms with Crippen LogP contribution in [0.1, 0.15) is 54.3 Å². The SMILES string of the molecule is CCCC(C)(COC(N)=O)COC(N)=O.CN(C)CCOC(c1ccccc1)c1ccccc1.Cl.O=C(O)c1cccnc1.O=[N+]([O-])OCC(CO[N+](=O)[O-])(CO[N+](=O)[O-])CO[N+](=O)[O-]. The molecule has 0 bridgehead atoms. The molecule has 0 aliphatic rings. The van der Waals surface area contributed by atoms with Crippen molar-refractivity contribution in [3.63, 3.8) is 0 Å².